The Kier molecular flexibility index (Phi) is 1.15. The fourth-order valence-electron chi connectivity index (χ4n) is 3.62. The predicted molar refractivity (Wildman–Crippen MR) is 44.5 cm³/mol. The highest BCUT2D eigenvalue weighted by molar-refractivity contribution is 5.37. The molecule has 0 aromatic heterocycles. The van der Waals surface area contributed by atoms with E-state index in [1.54, 1.807) is 0 Å². The molecule has 3 rings (SSSR count). The lowest BCUT2D eigenvalue weighted by molar-refractivity contribution is 0.0459. The van der Waals surface area contributed by atoms with Gasteiger partial charge >= 0.3 is 0 Å². The smallest absolute Gasteiger partial charge is 0.0845 e. The van der Waals surface area contributed by atoms with Crippen molar-refractivity contribution in [1.82, 2.24) is 0 Å². The zero-order valence-electron chi connectivity index (χ0n) is 7.23. The van der Waals surface area contributed by atoms with Gasteiger partial charge in [-0.15, -0.1) is 0 Å². The van der Waals surface area contributed by atoms with Gasteiger partial charge in [-0.1, -0.05) is 12.2 Å². The summed E-state index contributed by atoms with van der Waals surface area (Å²) in [5.74, 6) is 2.34. The molecule has 12 heavy (non-hydrogen) atoms. The first-order valence-electron chi connectivity index (χ1n) is 4.69. The summed E-state index contributed by atoms with van der Waals surface area (Å²) in [6.45, 7) is 0.338. The van der Waals surface area contributed by atoms with Crippen molar-refractivity contribution < 1.29 is 9.84 Å². The maximum atomic E-state index is 9.15. The van der Waals surface area contributed by atoms with Crippen molar-refractivity contribution in [1.29, 1.82) is 0 Å². The van der Waals surface area contributed by atoms with E-state index in [9.17, 15) is 0 Å². The Bertz CT molecular complexity index is 248. The molecular formula is C10H14O2. The highest BCUT2D eigenvalue weighted by Crippen LogP contribution is 2.72. The van der Waals surface area contributed by atoms with Crippen LogP contribution in [-0.4, -0.2) is 24.4 Å². The van der Waals surface area contributed by atoms with Crippen LogP contribution in [0.2, 0.25) is 0 Å². The Hall–Kier alpha value is -0.340. The van der Waals surface area contributed by atoms with Gasteiger partial charge in [-0.2, -0.15) is 0 Å². The molecule has 3 aliphatic rings. The summed E-state index contributed by atoms with van der Waals surface area (Å²) >= 11 is 0. The van der Waals surface area contributed by atoms with E-state index in [-0.39, 0.29) is 5.60 Å². The van der Waals surface area contributed by atoms with E-state index in [4.69, 9.17) is 9.84 Å². The molecule has 2 fully saturated rings. The first kappa shape index (κ1) is 7.10. The molecule has 5 atom stereocenters. The largest absolute Gasteiger partial charge is 0.396 e. The molecule has 0 spiro atoms. The molecule has 0 saturated heterocycles. The fourth-order valence-corrected chi connectivity index (χ4v) is 3.62. The molecule has 0 aromatic carbocycles. The van der Waals surface area contributed by atoms with Crippen molar-refractivity contribution in [2.75, 3.05) is 13.7 Å². The average Bonchev–Trinajstić information content (AvgIpc) is 2.55. The minimum atomic E-state index is 0.132. The van der Waals surface area contributed by atoms with Gasteiger partial charge in [0.25, 0.3) is 0 Å². The topological polar surface area (TPSA) is 29.5 Å². The minimum Gasteiger partial charge on any atom is -0.396 e. The third kappa shape index (κ3) is 0.511. The van der Waals surface area contributed by atoms with E-state index >= 15 is 0 Å². The number of methoxy groups -OCH3 is 1. The third-order valence-corrected chi connectivity index (χ3v) is 4.10. The molecule has 0 aromatic rings. The van der Waals surface area contributed by atoms with Crippen LogP contribution in [0.25, 0.3) is 0 Å². The van der Waals surface area contributed by atoms with Gasteiger partial charge in [0.05, 0.1) is 5.60 Å². The lowest BCUT2D eigenvalue weighted by Crippen LogP contribution is -2.20. The van der Waals surface area contributed by atoms with Crippen molar-refractivity contribution in [3.63, 3.8) is 0 Å². The summed E-state index contributed by atoms with van der Waals surface area (Å²) in [6, 6.07) is 0. The van der Waals surface area contributed by atoms with Crippen LogP contribution in [0, 0.1) is 23.7 Å². The Morgan fingerprint density at radius 1 is 1.58 bits per heavy atom. The molecule has 2 saturated carbocycles. The minimum absolute atomic E-state index is 0.132. The van der Waals surface area contributed by atoms with E-state index in [1.165, 1.54) is 0 Å². The van der Waals surface area contributed by atoms with E-state index in [1.807, 2.05) is 7.11 Å². The SMILES string of the molecule is COC12C3[C@H](CO)C[C@@H]1C=C[C@@H]32. The van der Waals surface area contributed by atoms with Gasteiger partial charge < -0.3 is 9.84 Å². The van der Waals surface area contributed by atoms with Crippen LogP contribution in [0.3, 0.4) is 0 Å². The number of hydrogen-bond acceptors (Lipinski definition) is 2. The quantitative estimate of drug-likeness (QED) is 0.615. The van der Waals surface area contributed by atoms with Crippen LogP contribution < -0.4 is 0 Å². The molecule has 2 nitrogen and oxygen atoms in total. The van der Waals surface area contributed by atoms with Gasteiger partial charge in [0.2, 0.25) is 0 Å². The molecule has 0 bridgehead atoms. The number of rotatable bonds is 2. The number of hydrogen-bond donors (Lipinski definition) is 1. The van der Waals surface area contributed by atoms with E-state index in [0.717, 1.165) is 6.42 Å². The van der Waals surface area contributed by atoms with Crippen LogP contribution in [0.4, 0.5) is 0 Å². The van der Waals surface area contributed by atoms with Crippen LogP contribution >= 0.6 is 0 Å². The maximum Gasteiger partial charge on any atom is 0.0845 e. The molecule has 0 radical (unpaired) electrons. The van der Waals surface area contributed by atoms with E-state index < -0.39 is 0 Å². The van der Waals surface area contributed by atoms with Crippen molar-refractivity contribution >= 4 is 0 Å². The molecule has 0 amide bonds. The number of aliphatic hydroxyl groups excluding tert-OH is 1. The monoisotopic (exact) mass is 166 g/mol. The second-order valence-corrected chi connectivity index (χ2v) is 4.28. The summed E-state index contributed by atoms with van der Waals surface area (Å²) in [7, 11) is 1.81. The van der Waals surface area contributed by atoms with Crippen molar-refractivity contribution in [3.8, 4) is 0 Å². The van der Waals surface area contributed by atoms with Crippen LogP contribution in [0.1, 0.15) is 6.42 Å². The molecule has 0 aliphatic heterocycles. The van der Waals surface area contributed by atoms with E-state index in [0.29, 0.717) is 30.3 Å². The molecule has 2 heteroatoms. The normalized spacial score (nSPS) is 59.2. The Morgan fingerprint density at radius 3 is 2.92 bits per heavy atom. The molecular weight excluding hydrogens is 152 g/mol. The molecule has 0 heterocycles. The molecule has 66 valence electrons. The lowest BCUT2D eigenvalue weighted by atomic mass is 9.98. The number of aliphatic hydroxyl groups is 1. The van der Waals surface area contributed by atoms with Crippen molar-refractivity contribution in [2.24, 2.45) is 23.7 Å². The Morgan fingerprint density at radius 2 is 2.42 bits per heavy atom. The van der Waals surface area contributed by atoms with Gasteiger partial charge in [0, 0.05) is 31.5 Å². The lowest BCUT2D eigenvalue weighted by Gasteiger charge is -2.15. The summed E-state index contributed by atoms with van der Waals surface area (Å²) in [5.41, 5.74) is 0.132. The van der Waals surface area contributed by atoms with Gasteiger partial charge in [-0.25, -0.2) is 0 Å². The molecule has 1 N–H and O–H groups in total. The standard InChI is InChI=1S/C10H14O2/c1-12-10-7-2-3-8(10)9(10)6(4-7)5-11/h2-3,6-9,11H,4-5H2,1H3/t6-,7-,8-,9?,10?/m0/s1. The van der Waals surface area contributed by atoms with E-state index in [2.05, 4.69) is 12.2 Å². The molecule has 2 unspecified atom stereocenters. The number of ether oxygens (including phenoxy) is 1. The highest BCUT2D eigenvalue weighted by atomic mass is 16.5. The Balaban J connectivity index is 1.94. The molecule has 3 aliphatic carbocycles. The van der Waals surface area contributed by atoms with Crippen molar-refractivity contribution in [2.45, 2.75) is 12.0 Å². The van der Waals surface area contributed by atoms with Gasteiger partial charge in [-0.05, 0) is 12.3 Å². The zero-order chi connectivity index (χ0) is 8.34. The van der Waals surface area contributed by atoms with Crippen LogP contribution in [-0.2, 0) is 4.74 Å². The van der Waals surface area contributed by atoms with Gasteiger partial charge in [0.1, 0.15) is 0 Å². The average molecular weight is 166 g/mol. The fraction of sp³-hybridized carbons (Fsp3) is 0.800. The Labute approximate surface area is 72.2 Å². The van der Waals surface area contributed by atoms with Crippen molar-refractivity contribution in [3.05, 3.63) is 12.2 Å². The van der Waals surface area contributed by atoms with Crippen LogP contribution in [0.15, 0.2) is 12.2 Å². The first-order chi connectivity index (χ1) is 5.84. The second-order valence-electron chi connectivity index (χ2n) is 4.28. The first-order valence-corrected chi connectivity index (χ1v) is 4.69. The highest BCUT2D eigenvalue weighted by Gasteiger charge is 2.76. The predicted octanol–water partition coefficient (Wildman–Crippen LogP) is 0.816. The van der Waals surface area contributed by atoms with Gasteiger partial charge in [0.15, 0.2) is 0 Å². The summed E-state index contributed by atoms with van der Waals surface area (Å²) in [4.78, 5) is 0. The maximum absolute atomic E-state index is 9.15. The summed E-state index contributed by atoms with van der Waals surface area (Å²) in [6.07, 6.45) is 5.69. The second kappa shape index (κ2) is 1.94. The number of fused-ring (bicyclic) bond motifs is 1. The van der Waals surface area contributed by atoms with Gasteiger partial charge in [-0.3, -0.25) is 0 Å². The van der Waals surface area contributed by atoms with Crippen LogP contribution in [0.5, 0.6) is 0 Å². The third-order valence-electron chi connectivity index (χ3n) is 4.10. The summed E-state index contributed by atoms with van der Waals surface area (Å²) in [5, 5.41) is 9.15. The zero-order valence-corrected chi connectivity index (χ0v) is 7.23. The summed E-state index contributed by atoms with van der Waals surface area (Å²) < 4.78 is 5.62.